The van der Waals surface area contributed by atoms with Gasteiger partial charge in [0.05, 0.1) is 11.4 Å². The summed E-state index contributed by atoms with van der Waals surface area (Å²) in [6.45, 7) is 7.16. The van der Waals surface area contributed by atoms with Crippen molar-refractivity contribution >= 4 is 23.7 Å². The standard InChI is InChI=1S/C22H34N4O2S/c1-4-5-6-26-15(3)14(2)23-21(26)29-13-19(27)24-20(28)25-22-10-16-7-17(11-22)9-18(8-16)12-22/h16-18H,4-13H2,1-3H3,(H2,24,25,27,28). The molecule has 0 aromatic carbocycles. The molecule has 29 heavy (non-hydrogen) atoms. The van der Waals surface area contributed by atoms with Gasteiger partial charge in [0.25, 0.3) is 0 Å². The lowest BCUT2D eigenvalue weighted by Gasteiger charge is -2.56. The van der Waals surface area contributed by atoms with Crippen LogP contribution in [0.1, 0.15) is 69.7 Å². The van der Waals surface area contributed by atoms with Gasteiger partial charge in [-0.25, -0.2) is 9.78 Å². The number of rotatable bonds is 7. The van der Waals surface area contributed by atoms with Gasteiger partial charge in [-0.1, -0.05) is 25.1 Å². The third-order valence-corrected chi connectivity index (χ3v) is 8.14. The van der Waals surface area contributed by atoms with E-state index in [4.69, 9.17) is 0 Å². The molecule has 6 nitrogen and oxygen atoms in total. The van der Waals surface area contributed by atoms with Crippen LogP contribution in [0.25, 0.3) is 0 Å². The number of unbranched alkanes of at least 4 members (excludes halogenated alkanes) is 1. The SMILES string of the molecule is CCCCn1c(SCC(=O)NC(=O)NC23CC4CC(CC(C4)C2)C3)nc(C)c1C. The van der Waals surface area contributed by atoms with Crippen LogP contribution >= 0.6 is 11.8 Å². The molecule has 4 saturated carbocycles. The molecule has 4 bridgehead atoms. The van der Waals surface area contributed by atoms with Crippen molar-refractivity contribution in [2.24, 2.45) is 17.8 Å². The molecule has 1 heterocycles. The summed E-state index contributed by atoms with van der Waals surface area (Å²) in [4.78, 5) is 29.5. The lowest BCUT2D eigenvalue weighted by Crippen LogP contribution is -2.61. The summed E-state index contributed by atoms with van der Waals surface area (Å²) >= 11 is 1.41. The third-order valence-electron chi connectivity index (χ3n) is 7.16. The minimum Gasteiger partial charge on any atom is -0.332 e. The zero-order chi connectivity index (χ0) is 20.6. The maximum atomic E-state index is 12.5. The lowest BCUT2D eigenvalue weighted by atomic mass is 9.53. The highest BCUT2D eigenvalue weighted by Gasteiger charge is 2.51. The number of carbonyl (C=O) groups excluding carboxylic acids is 2. The Kier molecular flexibility index (Phi) is 5.96. The van der Waals surface area contributed by atoms with E-state index in [1.165, 1.54) is 31.0 Å². The summed E-state index contributed by atoms with van der Waals surface area (Å²) in [6.07, 6.45) is 9.47. The Hall–Kier alpha value is -1.50. The molecule has 0 radical (unpaired) electrons. The van der Waals surface area contributed by atoms with Gasteiger partial charge >= 0.3 is 6.03 Å². The van der Waals surface area contributed by atoms with Crippen LogP contribution in [0, 0.1) is 31.6 Å². The van der Waals surface area contributed by atoms with Crippen LogP contribution < -0.4 is 10.6 Å². The summed E-state index contributed by atoms with van der Waals surface area (Å²) in [5.41, 5.74) is 2.08. The fourth-order valence-corrected chi connectivity index (χ4v) is 7.06. The fourth-order valence-electron chi connectivity index (χ4n) is 6.14. The lowest BCUT2D eigenvalue weighted by molar-refractivity contribution is -0.117. The van der Waals surface area contributed by atoms with Crippen molar-refractivity contribution in [3.05, 3.63) is 11.4 Å². The molecule has 0 saturated heterocycles. The number of aromatic nitrogens is 2. The number of hydrogen-bond acceptors (Lipinski definition) is 4. The van der Waals surface area contributed by atoms with Crippen LogP contribution in [0.5, 0.6) is 0 Å². The van der Waals surface area contributed by atoms with Crippen molar-refractivity contribution in [2.75, 3.05) is 5.75 Å². The smallest absolute Gasteiger partial charge is 0.321 e. The normalized spacial score (nSPS) is 29.8. The molecule has 160 valence electrons. The highest BCUT2D eigenvalue weighted by atomic mass is 32.2. The first-order valence-electron chi connectivity index (χ1n) is 11.2. The van der Waals surface area contributed by atoms with Gasteiger partial charge in [-0.2, -0.15) is 0 Å². The minimum atomic E-state index is -0.320. The van der Waals surface area contributed by atoms with E-state index in [-0.39, 0.29) is 23.2 Å². The zero-order valence-corrected chi connectivity index (χ0v) is 18.7. The Morgan fingerprint density at radius 3 is 2.34 bits per heavy atom. The molecule has 2 N–H and O–H groups in total. The van der Waals surface area contributed by atoms with Crippen molar-refractivity contribution in [3.8, 4) is 0 Å². The quantitative estimate of drug-likeness (QED) is 0.651. The van der Waals surface area contributed by atoms with E-state index >= 15 is 0 Å². The number of hydrogen-bond donors (Lipinski definition) is 2. The Bertz CT molecular complexity index is 753. The maximum Gasteiger partial charge on any atom is 0.321 e. The molecule has 5 rings (SSSR count). The Labute approximate surface area is 178 Å². The van der Waals surface area contributed by atoms with Crippen LogP contribution in [0.4, 0.5) is 4.79 Å². The molecular weight excluding hydrogens is 384 g/mol. The Morgan fingerprint density at radius 2 is 1.76 bits per heavy atom. The number of imidazole rings is 1. The second kappa shape index (κ2) is 8.32. The predicted molar refractivity (Wildman–Crippen MR) is 115 cm³/mol. The van der Waals surface area contributed by atoms with Crippen molar-refractivity contribution in [3.63, 3.8) is 0 Å². The summed E-state index contributed by atoms with van der Waals surface area (Å²) in [5.74, 6) is 2.25. The van der Waals surface area contributed by atoms with E-state index in [1.807, 2.05) is 6.92 Å². The number of urea groups is 1. The molecular formula is C22H34N4O2S. The second-order valence-corrected chi connectivity index (χ2v) is 10.5. The fraction of sp³-hybridized carbons (Fsp3) is 0.773. The zero-order valence-electron chi connectivity index (χ0n) is 17.9. The molecule has 0 aliphatic heterocycles. The van der Waals surface area contributed by atoms with Gasteiger partial charge in [-0.15, -0.1) is 0 Å². The van der Waals surface area contributed by atoms with Gasteiger partial charge in [0.15, 0.2) is 5.16 Å². The van der Waals surface area contributed by atoms with Crippen LogP contribution in [-0.4, -0.2) is 32.8 Å². The Morgan fingerprint density at radius 1 is 1.14 bits per heavy atom. The van der Waals surface area contributed by atoms with E-state index < -0.39 is 0 Å². The van der Waals surface area contributed by atoms with Crippen molar-refractivity contribution in [2.45, 2.75) is 89.4 Å². The average Bonchev–Trinajstić information content (AvgIpc) is 2.90. The third kappa shape index (κ3) is 4.49. The molecule has 1 aromatic heterocycles. The molecule has 3 amide bonds. The molecule has 0 spiro atoms. The number of nitrogens with zero attached hydrogens (tertiary/aromatic N) is 2. The van der Waals surface area contributed by atoms with Gasteiger partial charge in [0.1, 0.15) is 0 Å². The number of thioether (sulfide) groups is 1. The molecule has 4 fully saturated rings. The molecule has 1 aromatic rings. The van der Waals surface area contributed by atoms with Crippen molar-refractivity contribution < 1.29 is 9.59 Å². The summed E-state index contributed by atoms with van der Waals surface area (Å²) in [5, 5.41) is 6.63. The van der Waals surface area contributed by atoms with Crippen molar-refractivity contribution in [1.82, 2.24) is 20.2 Å². The van der Waals surface area contributed by atoms with Crippen LogP contribution in [0.15, 0.2) is 5.16 Å². The van der Waals surface area contributed by atoms with Gasteiger partial charge in [0, 0.05) is 17.8 Å². The molecule has 4 aliphatic rings. The largest absolute Gasteiger partial charge is 0.332 e. The van der Waals surface area contributed by atoms with Gasteiger partial charge in [-0.05, 0) is 76.5 Å². The van der Waals surface area contributed by atoms with E-state index in [0.717, 1.165) is 72.9 Å². The Balaban J connectivity index is 1.29. The first-order chi connectivity index (χ1) is 13.9. The molecule has 4 aliphatic carbocycles. The molecule has 7 heteroatoms. The highest BCUT2D eigenvalue weighted by molar-refractivity contribution is 7.99. The maximum absolute atomic E-state index is 12.5. The van der Waals surface area contributed by atoms with E-state index in [9.17, 15) is 9.59 Å². The predicted octanol–water partition coefficient (Wildman–Crippen LogP) is 4.19. The topological polar surface area (TPSA) is 76.0 Å². The highest BCUT2D eigenvalue weighted by Crippen LogP contribution is 2.55. The number of nitrogens with one attached hydrogen (secondary N) is 2. The van der Waals surface area contributed by atoms with Crippen LogP contribution in [0.2, 0.25) is 0 Å². The molecule has 0 atom stereocenters. The number of imide groups is 1. The summed E-state index contributed by atoms with van der Waals surface area (Å²) in [6, 6.07) is -0.320. The summed E-state index contributed by atoms with van der Waals surface area (Å²) in [7, 11) is 0. The first-order valence-corrected chi connectivity index (χ1v) is 12.1. The second-order valence-electron chi connectivity index (χ2n) is 9.56. The van der Waals surface area contributed by atoms with E-state index in [2.05, 4.69) is 34.0 Å². The van der Waals surface area contributed by atoms with E-state index in [1.54, 1.807) is 0 Å². The minimum absolute atomic E-state index is 0.0725. The van der Waals surface area contributed by atoms with Crippen molar-refractivity contribution in [1.29, 1.82) is 0 Å². The number of amides is 3. The van der Waals surface area contributed by atoms with Crippen LogP contribution in [0.3, 0.4) is 0 Å². The average molecular weight is 419 g/mol. The number of aryl methyl sites for hydroxylation is 1. The van der Waals surface area contributed by atoms with E-state index in [0.29, 0.717) is 0 Å². The summed E-state index contributed by atoms with van der Waals surface area (Å²) < 4.78 is 2.19. The van der Waals surface area contributed by atoms with Gasteiger partial charge in [-0.3, -0.25) is 10.1 Å². The van der Waals surface area contributed by atoms with Gasteiger partial charge < -0.3 is 9.88 Å². The molecule has 0 unspecified atom stereocenters. The van der Waals surface area contributed by atoms with Crippen LogP contribution in [-0.2, 0) is 11.3 Å². The monoisotopic (exact) mass is 418 g/mol. The first kappa shape index (κ1) is 20.8. The number of carbonyl (C=O) groups is 2. The van der Waals surface area contributed by atoms with Gasteiger partial charge in [0.2, 0.25) is 5.91 Å².